The zero-order valence-corrected chi connectivity index (χ0v) is 22.8. The molecule has 1 fully saturated rings. The molecule has 13 heteroatoms. The Kier molecular flexibility index (Phi) is 8.28. The van der Waals surface area contributed by atoms with E-state index in [1.54, 1.807) is 6.07 Å². The molecule has 1 N–H and O–H groups in total. The highest BCUT2D eigenvalue weighted by Crippen LogP contribution is 2.37. The van der Waals surface area contributed by atoms with Gasteiger partial charge in [0.25, 0.3) is 11.1 Å². The number of benzene rings is 3. The summed E-state index contributed by atoms with van der Waals surface area (Å²) in [5, 5.41) is 2.01. The average molecular weight is 591 g/mol. The van der Waals surface area contributed by atoms with Gasteiger partial charge in [-0.1, -0.05) is 23.7 Å². The minimum absolute atomic E-state index is 0.0122. The molecule has 1 aliphatic heterocycles. The number of amides is 3. The number of halogens is 2. The number of hydrogen-bond donors (Lipinski definition) is 1. The quantitative estimate of drug-likeness (QED) is 0.272. The molecule has 202 valence electrons. The second-order valence-corrected chi connectivity index (χ2v) is 11.1. The molecule has 4 rings (SSSR count). The second kappa shape index (κ2) is 11.5. The van der Waals surface area contributed by atoms with Crippen molar-refractivity contribution in [3.05, 3.63) is 87.5 Å². The molecule has 3 amide bonds. The van der Waals surface area contributed by atoms with Crippen molar-refractivity contribution in [1.82, 2.24) is 4.90 Å². The normalized spacial score (nSPS) is 14.6. The summed E-state index contributed by atoms with van der Waals surface area (Å²) in [5.74, 6) is -1.66. The summed E-state index contributed by atoms with van der Waals surface area (Å²) in [6.45, 7) is 0.982. The molecule has 0 spiro atoms. The zero-order valence-electron chi connectivity index (χ0n) is 20.4. The van der Waals surface area contributed by atoms with Gasteiger partial charge in [0.05, 0.1) is 18.6 Å². The van der Waals surface area contributed by atoms with E-state index in [0.29, 0.717) is 23.0 Å². The predicted molar refractivity (Wildman–Crippen MR) is 144 cm³/mol. The highest BCUT2D eigenvalue weighted by atomic mass is 35.5. The first-order valence-electron chi connectivity index (χ1n) is 11.2. The maximum atomic E-state index is 14.2. The first kappa shape index (κ1) is 28.1. The van der Waals surface area contributed by atoms with E-state index in [0.717, 1.165) is 4.90 Å². The van der Waals surface area contributed by atoms with Crippen LogP contribution >= 0.6 is 23.4 Å². The second-order valence-electron chi connectivity index (χ2n) is 8.12. The fourth-order valence-electron chi connectivity index (χ4n) is 3.55. The van der Waals surface area contributed by atoms with Crippen molar-refractivity contribution < 1.29 is 36.1 Å². The average Bonchev–Trinajstić information content (AvgIpc) is 3.13. The molecule has 0 aromatic heterocycles. The van der Waals surface area contributed by atoms with Crippen molar-refractivity contribution in [2.45, 2.75) is 18.4 Å². The monoisotopic (exact) mass is 590 g/mol. The number of carbonyl (C=O) groups excluding carboxylic acids is 3. The molecule has 0 radical (unpaired) electrons. The number of imide groups is 1. The Bertz CT molecular complexity index is 1590. The first-order chi connectivity index (χ1) is 18.5. The lowest BCUT2D eigenvalue weighted by molar-refractivity contribution is -0.123. The van der Waals surface area contributed by atoms with Gasteiger partial charge in [-0.15, -0.1) is 0 Å². The SMILES string of the molecule is COc1ccc(/C=C2\SC(=O)N(Cc3c(F)cccc3Cl)C2=O)cc1OS(=O)(=O)c1ccc(NC(C)=O)cc1. The Morgan fingerprint density at radius 1 is 1.10 bits per heavy atom. The molecule has 0 unspecified atom stereocenters. The van der Waals surface area contributed by atoms with Gasteiger partial charge >= 0.3 is 10.1 Å². The van der Waals surface area contributed by atoms with Crippen molar-refractivity contribution in [1.29, 1.82) is 0 Å². The topological polar surface area (TPSA) is 119 Å². The van der Waals surface area contributed by atoms with Crippen LogP contribution in [-0.2, 0) is 26.3 Å². The van der Waals surface area contributed by atoms with Crippen LogP contribution in [0.3, 0.4) is 0 Å². The number of anilines is 1. The van der Waals surface area contributed by atoms with E-state index in [2.05, 4.69) is 5.32 Å². The zero-order chi connectivity index (χ0) is 28.3. The number of methoxy groups -OCH3 is 1. The Labute approximate surface area is 232 Å². The van der Waals surface area contributed by atoms with Gasteiger partial charge in [-0.05, 0) is 71.9 Å². The summed E-state index contributed by atoms with van der Waals surface area (Å²) < 4.78 is 50.5. The van der Waals surface area contributed by atoms with Crippen molar-refractivity contribution in [3.8, 4) is 11.5 Å². The minimum atomic E-state index is -4.30. The highest BCUT2D eigenvalue weighted by molar-refractivity contribution is 8.18. The third-order valence-electron chi connectivity index (χ3n) is 5.40. The van der Waals surface area contributed by atoms with Crippen LogP contribution in [0.5, 0.6) is 11.5 Å². The Balaban J connectivity index is 1.58. The molecule has 3 aromatic rings. The summed E-state index contributed by atoms with van der Waals surface area (Å²) >= 11 is 6.69. The molecule has 0 atom stereocenters. The van der Waals surface area contributed by atoms with Crippen LogP contribution in [0.25, 0.3) is 6.08 Å². The smallest absolute Gasteiger partial charge is 0.339 e. The molecule has 0 aliphatic carbocycles. The van der Waals surface area contributed by atoms with E-state index in [4.69, 9.17) is 20.5 Å². The third-order valence-corrected chi connectivity index (χ3v) is 7.91. The van der Waals surface area contributed by atoms with Crippen molar-refractivity contribution in [3.63, 3.8) is 0 Å². The molecule has 1 heterocycles. The van der Waals surface area contributed by atoms with Gasteiger partial charge in [-0.25, -0.2) is 4.39 Å². The van der Waals surface area contributed by atoms with E-state index in [1.807, 2.05) is 0 Å². The van der Waals surface area contributed by atoms with E-state index in [9.17, 15) is 27.2 Å². The van der Waals surface area contributed by atoms with Gasteiger partial charge in [0.2, 0.25) is 5.91 Å². The van der Waals surface area contributed by atoms with Crippen LogP contribution in [0.15, 0.2) is 70.5 Å². The van der Waals surface area contributed by atoms with E-state index in [-0.39, 0.29) is 44.3 Å². The highest BCUT2D eigenvalue weighted by Gasteiger charge is 2.36. The summed E-state index contributed by atoms with van der Waals surface area (Å²) in [5.41, 5.74) is 0.766. The maximum absolute atomic E-state index is 14.2. The summed E-state index contributed by atoms with van der Waals surface area (Å²) in [7, 11) is -2.97. The van der Waals surface area contributed by atoms with E-state index >= 15 is 0 Å². The molecule has 3 aromatic carbocycles. The molecule has 0 saturated carbocycles. The lowest BCUT2D eigenvalue weighted by atomic mass is 10.1. The minimum Gasteiger partial charge on any atom is -0.493 e. The Morgan fingerprint density at radius 2 is 1.82 bits per heavy atom. The fraction of sp³-hybridized carbons (Fsp3) is 0.115. The number of nitrogens with one attached hydrogen (secondary N) is 1. The van der Waals surface area contributed by atoms with Gasteiger partial charge in [-0.2, -0.15) is 8.42 Å². The van der Waals surface area contributed by atoms with Crippen LogP contribution in [0.1, 0.15) is 18.1 Å². The number of nitrogens with zero attached hydrogens (tertiary/aromatic N) is 1. The number of hydrogen-bond acceptors (Lipinski definition) is 8. The third kappa shape index (κ3) is 6.41. The van der Waals surface area contributed by atoms with Crippen LogP contribution in [0.2, 0.25) is 5.02 Å². The van der Waals surface area contributed by atoms with Gasteiger partial charge in [-0.3, -0.25) is 19.3 Å². The van der Waals surface area contributed by atoms with Crippen LogP contribution in [0, 0.1) is 5.82 Å². The van der Waals surface area contributed by atoms with Gasteiger partial charge in [0, 0.05) is 23.2 Å². The summed E-state index contributed by atoms with van der Waals surface area (Å²) in [6, 6.07) is 13.8. The number of ether oxygens (including phenoxy) is 1. The largest absolute Gasteiger partial charge is 0.493 e. The first-order valence-corrected chi connectivity index (χ1v) is 13.8. The van der Waals surface area contributed by atoms with Crippen molar-refractivity contribution in [2.24, 2.45) is 0 Å². The Hall–Kier alpha value is -3.87. The van der Waals surface area contributed by atoms with Crippen molar-refractivity contribution >= 4 is 62.3 Å². The van der Waals surface area contributed by atoms with Gasteiger partial charge in [0.15, 0.2) is 11.5 Å². The molecule has 1 saturated heterocycles. The maximum Gasteiger partial charge on any atom is 0.339 e. The number of thioether (sulfide) groups is 1. The van der Waals surface area contributed by atoms with E-state index < -0.39 is 27.1 Å². The van der Waals surface area contributed by atoms with Crippen molar-refractivity contribution in [2.75, 3.05) is 12.4 Å². The fourth-order valence-corrected chi connectivity index (χ4v) is 5.55. The van der Waals surface area contributed by atoms with Gasteiger partial charge < -0.3 is 14.2 Å². The van der Waals surface area contributed by atoms with Crippen LogP contribution in [0.4, 0.5) is 14.9 Å². The van der Waals surface area contributed by atoms with Crippen LogP contribution < -0.4 is 14.2 Å². The lowest BCUT2D eigenvalue weighted by Gasteiger charge is -2.14. The predicted octanol–water partition coefficient (Wildman–Crippen LogP) is 5.45. The molecule has 0 bridgehead atoms. The summed E-state index contributed by atoms with van der Waals surface area (Å²) in [4.78, 5) is 37.4. The van der Waals surface area contributed by atoms with Gasteiger partial charge in [0.1, 0.15) is 10.7 Å². The standard InChI is InChI=1S/C26H20ClFN2O7S2/c1-15(31)29-17-7-9-18(10-8-17)39(34,35)37-23-12-16(6-11-22(23)36-2)13-24-25(32)30(26(33)38-24)14-19-20(27)4-3-5-21(19)28/h3-13H,14H2,1-2H3,(H,29,31)/b24-13-. The molecule has 1 aliphatic rings. The molecule has 39 heavy (non-hydrogen) atoms. The van der Waals surface area contributed by atoms with Crippen LogP contribution in [-0.4, -0.2) is 37.5 Å². The molecular weight excluding hydrogens is 571 g/mol. The lowest BCUT2D eigenvalue weighted by Crippen LogP contribution is -2.28. The number of carbonyl (C=O) groups is 3. The van der Waals surface area contributed by atoms with E-state index in [1.165, 1.54) is 74.7 Å². The summed E-state index contributed by atoms with van der Waals surface area (Å²) in [6.07, 6.45) is 1.38. The Morgan fingerprint density at radius 3 is 2.46 bits per heavy atom. The molecular formula is C26H20ClFN2O7S2. The molecule has 9 nitrogen and oxygen atoms in total. The number of rotatable bonds is 8.